The summed E-state index contributed by atoms with van der Waals surface area (Å²) in [6, 6.07) is 10.2. The number of nitro benzene ring substituents is 1. The van der Waals surface area contributed by atoms with Gasteiger partial charge >= 0.3 is 5.97 Å². The molecule has 134 valence electrons. The van der Waals surface area contributed by atoms with E-state index in [1.54, 1.807) is 18.2 Å². The van der Waals surface area contributed by atoms with Gasteiger partial charge in [0, 0.05) is 40.6 Å². The molecule has 1 heterocycles. The molecule has 0 spiro atoms. The third-order valence-electron chi connectivity index (χ3n) is 4.04. The Labute approximate surface area is 148 Å². The van der Waals surface area contributed by atoms with Gasteiger partial charge in [-0.25, -0.2) is 4.79 Å². The number of nitrogens with zero attached hydrogens (tertiary/aromatic N) is 2. The van der Waals surface area contributed by atoms with Crippen molar-refractivity contribution in [3.05, 3.63) is 75.9 Å². The number of aliphatic hydroxyl groups is 2. The van der Waals surface area contributed by atoms with Crippen molar-refractivity contribution in [2.24, 2.45) is 0 Å². The lowest BCUT2D eigenvalue weighted by Gasteiger charge is -2.27. The Morgan fingerprint density at radius 2 is 1.88 bits per heavy atom. The zero-order chi connectivity index (χ0) is 19.0. The number of esters is 1. The molecule has 3 rings (SSSR count). The Bertz CT molecular complexity index is 910. The summed E-state index contributed by atoms with van der Waals surface area (Å²) in [5, 5.41) is 32.0. The number of carbonyl (C=O) groups is 1. The topological polar surface area (TPSA) is 113 Å². The summed E-state index contributed by atoms with van der Waals surface area (Å²) in [5.41, 5.74) is 1.05. The van der Waals surface area contributed by atoms with Crippen LogP contribution in [0.4, 0.5) is 11.4 Å². The van der Waals surface area contributed by atoms with Crippen LogP contribution in [0.25, 0.3) is 0 Å². The zero-order valence-corrected chi connectivity index (χ0v) is 13.8. The first-order valence-corrected chi connectivity index (χ1v) is 7.70. The van der Waals surface area contributed by atoms with Gasteiger partial charge in [0.1, 0.15) is 5.75 Å². The van der Waals surface area contributed by atoms with Crippen molar-refractivity contribution in [2.45, 2.75) is 19.4 Å². The van der Waals surface area contributed by atoms with Gasteiger partial charge in [-0.1, -0.05) is 12.6 Å². The molecule has 26 heavy (non-hydrogen) atoms. The van der Waals surface area contributed by atoms with Crippen LogP contribution in [0.2, 0.25) is 0 Å². The summed E-state index contributed by atoms with van der Waals surface area (Å²) in [5.74, 6) is -0.375. The number of rotatable bonds is 4. The summed E-state index contributed by atoms with van der Waals surface area (Å²) in [6.07, 6.45) is -2.49. The molecule has 0 fully saturated rings. The van der Waals surface area contributed by atoms with Gasteiger partial charge in [0.25, 0.3) is 5.69 Å². The van der Waals surface area contributed by atoms with Gasteiger partial charge in [-0.2, -0.15) is 0 Å². The van der Waals surface area contributed by atoms with Crippen molar-refractivity contribution in [1.82, 2.24) is 0 Å². The average molecular weight is 356 g/mol. The maximum absolute atomic E-state index is 11.7. The SMILES string of the molecule is C=C(C)C(=O)Oc1cccc(N2C(O)c3ccc([N+](=O)[O-])cc3C2O)c1. The smallest absolute Gasteiger partial charge is 0.338 e. The lowest BCUT2D eigenvalue weighted by molar-refractivity contribution is -0.385. The van der Waals surface area contributed by atoms with E-state index in [1.165, 1.54) is 36.1 Å². The minimum Gasteiger partial charge on any atom is -0.423 e. The van der Waals surface area contributed by atoms with Crippen LogP contribution in [0.5, 0.6) is 5.75 Å². The van der Waals surface area contributed by atoms with Gasteiger partial charge in [-0.05, 0) is 25.1 Å². The van der Waals surface area contributed by atoms with E-state index < -0.39 is 23.3 Å². The molecule has 0 radical (unpaired) electrons. The predicted octanol–water partition coefficient (Wildman–Crippen LogP) is 2.58. The van der Waals surface area contributed by atoms with Gasteiger partial charge in [-0.15, -0.1) is 0 Å². The zero-order valence-electron chi connectivity index (χ0n) is 13.8. The lowest BCUT2D eigenvalue weighted by Crippen LogP contribution is -2.25. The van der Waals surface area contributed by atoms with Crippen molar-refractivity contribution in [3.63, 3.8) is 0 Å². The number of fused-ring (bicyclic) bond motifs is 1. The Morgan fingerprint density at radius 3 is 2.54 bits per heavy atom. The fraction of sp³-hybridized carbons (Fsp3) is 0.167. The standard InChI is InChI=1S/C18H16N2O6/c1-10(2)18(23)26-13-5-3-4-11(8-13)19-16(21)14-7-6-12(20(24)25)9-15(14)17(19)22/h3-9,16-17,21-22H,1H2,2H3. The summed E-state index contributed by atoms with van der Waals surface area (Å²) in [4.78, 5) is 23.3. The molecule has 0 aliphatic carbocycles. The Kier molecular flexibility index (Phi) is 4.45. The molecule has 2 N–H and O–H groups in total. The van der Waals surface area contributed by atoms with Crippen molar-refractivity contribution in [1.29, 1.82) is 0 Å². The molecule has 1 aliphatic heterocycles. The number of aliphatic hydroxyl groups excluding tert-OH is 2. The summed E-state index contributed by atoms with van der Waals surface area (Å²) < 4.78 is 5.16. The van der Waals surface area contributed by atoms with Crippen molar-refractivity contribution < 1.29 is 24.7 Å². The fourth-order valence-electron chi connectivity index (χ4n) is 2.75. The molecule has 0 aromatic heterocycles. The van der Waals surface area contributed by atoms with Crippen LogP contribution in [-0.2, 0) is 4.79 Å². The number of anilines is 1. The van der Waals surface area contributed by atoms with E-state index in [0.29, 0.717) is 11.3 Å². The van der Waals surface area contributed by atoms with E-state index in [0.717, 1.165) is 0 Å². The molecule has 8 heteroatoms. The number of non-ortho nitro benzene ring substituents is 1. The van der Waals surface area contributed by atoms with Gasteiger partial charge < -0.3 is 19.8 Å². The highest BCUT2D eigenvalue weighted by molar-refractivity contribution is 5.88. The molecule has 2 aromatic rings. The van der Waals surface area contributed by atoms with Gasteiger partial charge in [-0.3, -0.25) is 10.1 Å². The minimum absolute atomic E-state index is 0.180. The first kappa shape index (κ1) is 17.6. The maximum atomic E-state index is 11.7. The van der Waals surface area contributed by atoms with Crippen LogP contribution in [0.3, 0.4) is 0 Å². The second-order valence-electron chi connectivity index (χ2n) is 5.89. The van der Waals surface area contributed by atoms with Gasteiger partial charge in [0.2, 0.25) is 0 Å². The molecular formula is C18H16N2O6. The highest BCUT2D eigenvalue weighted by Crippen LogP contribution is 2.44. The number of hydrogen-bond acceptors (Lipinski definition) is 7. The Balaban J connectivity index is 1.94. The average Bonchev–Trinajstić information content (AvgIpc) is 2.85. The van der Waals surface area contributed by atoms with E-state index in [9.17, 15) is 25.1 Å². The van der Waals surface area contributed by atoms with Crippen LogP contribution >= 0.6 is 0 Å². The molecule has 0 bridgehead atoms. The van der Waals surface area contributed by atoms with Crippen molar-refractivity contribution in [3.8, 4) is 5.75 Å². The third-order valence-corrected chi connectivity index (χ3v) is 4.04. The summed E-state index contributed by atoms with van der Waals surface area (Å²) in [7, 11) is 0. The van der Waals surface area contributed by atoms with Gasteiger partial charge in [0.05, 0.1) is 4.92 Å². The monoisotopic (exact) mass is 356 g/mol. The Morgan fingerprint density at radius 1 is 1.19 bits per heavy atom. The van der Waals surface area contributed by atoms with E-state index in [1.807, 2.05) is 0 Å². The maximum Gasteiger partial charge on any atom is 0.338 e. The van der Waals surface area contributed by atoms with Crippen molar-refractivity contribution >= 4 is 17.3 Å². The summed E-state index contributed by atoms with van der Waals surface area (Å²) >= 11 is 0. The van der Waals surface area contributed by atoms with E-state index >= 15 is 0 Å². The molecule has 2 atom stereocenters. The number of hydrogen-bond donors (Lipinski definition) is 2. The van der Waals surface area contributed by atoms with E-state index in [-0.39, 0.29) is 22.6 Å². The summed E-state index contributed by atoms with van der Waals surface area (Å²) in [6.45, 7) is 5.02. The molecule has 2 unspecified atom stereocenters. The highest BCUT2D eigenvalue weighted by atomic mass is 16.6. The molecular weight excluding hydrogens is 340 g/mol. The lowest BCUT2D eigenvalue weighted by atomic mass is 10.1. The first-order valence-electron chi connectivity index (χ1n) is 7.70. The second-order valence-corrected chi connectivity index (χ2v) is 5.89. The molecule has 0 amide bonds. The highest BCUT2D eigenvalue weighted by Gasteiger charge is 2.37. The molecule has 1 aliphatic rings. The van der Waals surface area contributed by atoms with Crippen LogP contribution in [0.15, 0.2) is 54.6 Å². The van der Waals surface area contributed by atoms with Crippen LogP contribution in [-0.4, -0.2) is 21.1 Å². The Hall–Kier alpha value is -3.23. The fourth-order valence-corrected chi connectivity index (χ4v) is 2.75. The quantitative estimate of drug-likeness (QED) is 0.284. The largest absolute Gasteiger partial charge is 0.423 e. The van der Waals surface area contributed by atoms with Crippen molar-refractivity contribution in [2.75, 3.05) is 4.90 Å². The third kappa shape index (κ3) is 3.03. The number of nitro groups is 1. The van der Waals surface area contributed by atoms with Crippen LogP contribution in [0.1, 0.15) is 30.5 Å². The van der Waals surface area contributed by atoms with Crippen LogP contribution in [0, 0.1) is 10.1 Å². The minimum atomic E-state index is -1.29. The van der Waals surface area contributed by atoms with Crippen LogP contribution < -0.4 is 9.64 Å². The number of carbonyl (C=O) groups excluding carboxylic acids is 1. The van der Waals surface area contributed by atoms with E-state index in [4.69, 9.17) is 4.74 Å². The first-order chi connectivity index (χ1) is 12.3. The predicted molar refractivity (Wildman–Crippen MR) is 92.4 cm³/mol. The molecule has 2 aromatic carbocycles. The number of benzene rings is 2. The van der Waals surface area contributed by atoms with E-state index in [2.05, 4.69) is 6.58 Å². The second kappa shape index (κ2) is 6.58. The number of ether oxygens (including phenoxy) is 1. The molecule has 0 saturated heterocycles. The normalized spacial score (nSPS) is 18.3. The molecule has 0 saturated carbocycles. The van der Waals surface area contributed by atoms with Gasteiger partial charge in [0.15, 0.2) is 12.5 Å². The molecule has 8 nitrogen and oxygen atoms in total.